The number of nitrogens with one attached hydrogen (secondary N) is 1. The summed E-state index contributed by atoms with van der Waals surface area (Å²) in [4.78, 5) is 8.43. The zero-order chi connectivity index (χ0) is 11.8. The molecule has 16 heavy (non-hydrogen) atoms. The fraction of sp³-hybridized carbons (Fsp3) is 0.667. The third-order valence-electron chi connectivity index (χ3n) is 3.44. The molecule has 0 saturated heterocycles. The lowest BCUT2D eigenvalue weighted by molar-refractivity contribution is 0.349. The first-order chi connectivity index (χ1) is 7.47. The second kappa shape index (κ2) is 3.92. The van der Waals surface area contributed by atoms with E-state index in [0.29, 0.717) is 17.3 Å². The standard InChI is InChI=1S/C12H20N4/c1-8-14-10(13)7-11(15-8)16-9-5-4-6-12(9,2)3/h7,9H,4-6H2,1-3H3,(H3,13,14,15,16). The van der Waals surface area contributed by atoms with Gasteiger partial charge in [-0.3, -0.25) is 0 Å². The van der Waals surface area contributed by atoms with Crippen molar-refractivity contribution in [3.8, 4) is 0 Å². The van der Waals surface area contributed by atoms with E-state index in [4.69, 9.17) is 5.73 Å². The first-order valence-corrected chi connectivity index (χ1v) is 5.85. The summed E-state index contributed by atoms with van der Waals surface area (Å²) >= 11 is 0. The molecular weight excluding hydrogens is 200 g/mol. The Bertz CT molecular complexity index is 366. The summed E-state index contributed by atoms with van der Waals surface area (Å²) in [5.74, 6) is 2.11. The number of nitrogens with zero attached hydrogens (tertiary/aromatic N) is 2. The highest BCUT2D eigenvalue weighted by atomic mass is 15.1. The molecule has 3 N–H and O–H groups in total. The second-order valence-electron chi connectivity index (χ2n) is 5.30. The summed E-state index contributed by atoms with van der Waals surface area (Å²) in [6.07, 6.45) is 3.75. The molecule has 88 valence electrons. The number of nitrogen functional groups attached to an aromatic ring is 1. The Morgan fingerprint density at radius 1 is 1.44 bits per heavy atom. The minimum absolute atomic E-state index is 0.341. The van der Waals surface area contributed by atoms with Crippen LogP contribution in [0.2, 0.25) is 0 Å². The van der Waals surface area contributed by atoms with Crippen LogP contribution in [0.4, 0.5) is 11.6 Å². The van der Waals surface area contributed by atoms with E-state index < -0.39 is 0 Å². The Kier molecular flexibility index (Phi) is 2.74. The van der Waals surface area contributed by atoms with Crippen LogP contribution in [-0.2, 0) is 0 Å². The quantitative estimate of drug-likeness (QED) is 0.803. The highest BCUT2D eigenvalue weighted by Gasteiger charge is 2.34. The molecule has 0 amide bonds. The highest BCUT2D eigenvalue weighted by molar-refractivity contribution is 5.45. The van der Waals surface area contributed by atoms with Gasteiger partial charge in [0.1, 0.15) is 17.5 Å². The minimum Gasteiger partial charge on any atom is -0.384 e. The van der Waals surface area contributed by atoms with Crippen LogP contribution in [0.1, 0.15) is 38.9 Å². The average Bonchev–Trinajstić information content (AvgIpc) is 2.44. The van der Waals surface area contributed by atoms with Gasteiger partial charge in [-0.15, -0.1) is 0 Å². The van der Waals surface area contributed by atoms with E-state index in [9.17, 15) is 0 Å². The number of rotatable bonds is 2. The van der Waals surface area contributed by atoms with Crippen molar-refractivity contribution in [3.05, 3.63) is 11.9 Å². The molecule has 0 aliphatic heterocycles. The zero-order valence-corrected chi connectivity index (χ0v) is 10.2. The summed E-state index contributed by atoms with van der Waals surface area (Å²) in [5.41, 5.74) is 6.05. The lowest BCUT2D eigenvalue weighted by Gasteiger charge is -2.28. The van der Waals surface area contributed by atoms with Gasteiger partial charge in [-0.1, -0.05) is 20.3 Å². The maximum absolute atomic E-state index is 5.71. The van der Waals surface area contributed by atoms with Crippen LogP contribution in [0, 0.1) is 12.3 Å². The van der Waals surface area contributed by atoms with Crippen LogP contribution < -0.4 is 11.1 Å². The smallest absolute Gasteiger partial charge is 0.132 e. The van der Waals surface area contributed by atoms with E-state index in [0.717, 1.165) is 11.6 Å². The number of anilines is 2. The fourth-order valence-corrected chi connectivity index (χ4v) is 2.44. The van der Waals surface area contributed by atoms with Crippen LogP contribution in [-0.4, -0.2) is 16.0 Å². The lowest BCUT2D eigenvalue weighted by Crippen LogP contribution is -2.31. The summed E-state index contributed by atoms with van der Waals surface area (Å²) in [5, 5.41) is 3.48. The monoisotopic (exact) mass is 220 g/mol. The number of aromatic nitrogens is 2. The molecule has 1 atom stereocenters. The predicted octanol–water partition coefficient (Wildman–Crippen LogP) is 2.36. The van der Waals surface area contributed by atoms with Gasteiger partial charge in [0.2, 0.25) is 0 Å². The Hall–Kier alpha value is -1.32. The van der Waals surface area contributed by atoms with E-state index in [1.165, 1.54) is 19.3 Å². The third-order valence-corrected chi connectivity index (χ3v) is 3.44. The number of hydrogen-bond donors (Lipinski definition) is 2. The third kappa shape index (κ3) is 2.26. The molecular formula is C12H20N4. The van der Waals surface area contributed by atoms with E-state index in [-0.39, 0.29) is 0 Å². The molecule has 1 heterocycles. The van der Waals surface area contributed by atoms with E-state index in [1.54, 1.807) is 6.07 Å². The van der Waals surface area contributed by atoms with Gasteiger partial charge in [-0.25, -0.2) is 9.97 Å². The first-order valence-electron chi connectivity index (χ1n) is 5.85. The highest BCUT2D eigenvalue weighted by Crippen LogP contribution is 2.38. The summed E-state index contributed by atoms with van der Waals surface area (Å²) in [6, 6.07) is 2.29. The lowest BCUT2D eigenvalue weighted by atomic mass is 9.87. The molecule has 1 aromatic rings. The largest absolute Gasteiger partial charge is 0.384 e. The van der Waals surface area contributed by atoms with Crippen LogP contribution >= 0.6 is 0 Å². The van der Waals surface area contributed by atoms with Crippen LogP contribution in [0.3, 0.4) is 0 Å². The number of nitrogens with two attached hydrogens (primary N) is 1. The van der Waals surface area contributed by atoms with Crippen LogP contribution in [0.25, 0.3) is 0 Å². The number of hydrogen-bond acceptors (Lipinski definition) is 4. The SMILES string of the molecule is Cc1nc(N)cc(NC2CCCC2(C)C)n1. The van der Waals surface area contributed by atoms with Gasteiger partial charge in [0.15, 0.2) is 0 Å². The summed E-state index contributed by atoms with van der Waals surface area (Å²) < 4.78 is 0. The summed E-state index contributed by atoms with van der Waals surface area (Å²) in [7, 11) is 0. The zero-order valence-electron chi connectivity index (χ0n) is 10.2. The minimum atomic E-state index is 0.341. The van der Waals surface area contributed by atoms with Crippen molar-refractivity contribution in [2.24, 2.45) is 5.41 Å². The second-order valence-corrected chi connectivity index (χ2v) is 5.30. The molecule has 1 aromatic heterocycles. The van der Waals surface area contributed by atoms with Crippen LogP contribution in [0.5, 0.6) is 0 Å². The molecule has 1 fully saturated rings. The van der Waals surface area contributed by atoms with Gasteiger partial charge < -0.3 is 11.1 Å². The molecule has 0 spiro atoms. The van der Waals surface area contributed by atoms with Gasteiger partial charge in [-0.05, 0) is 25.2 Å². The molecule has 1 saturated carbocycles. The molecule has 1 aliphatic rings. The maximum Gasteiger partial charge on any atom is 0.132 e. The molecule has 1 unspecified atom stereocenters. The van der Waals surface area contributed by atoms with Crippen molar-refractivity contribution in [2.45, 2.75) is 46.1 Å². The molecule has 0 radical (unpaired) electrons. The van der Waals surface area contributed by atoms with Crippen LogP contribution in [0.15, 0.2) is 6.07 Å². The molecule has 0 aromatic carbocycles. The first kappa shape index (κ1) is 11.2. The van der Waals surface area contributed by atoms with Gasteiger partial charge in [0.25, 0.3) is 0 Å². The predicted molar refractivity (Wildman–Crippen MR) is 66.2 cm³/mol. The Morgan fingerprint density at radius 2 is 2.19 bits per heavy atom. The van der Waals surface area contributed by atoms with Crippen molar-refractivity contribution in [1.82, 2.24) is 9.97 Å². The molecule has 4 nitrogen and oxygen atoms in total. The topological polar surface area (TPSA) is 63.8 Å². The number of aryl methyl sites for hydroxylation is 1. The Labute approximate surface area is 96.7 Å². The Balaban J connectivity index is 2.14. The van der Waals surface area contributed by atoms with Gasteiger partial charge in [0.05, 0.1) is 0 Å². The fourth-order valence-electron chi connectivity index (χ4n) is 2.44. The van der Waals surface area contributed by atoms with Gasteiger partial charge >= 0.3 is 0 Å². The molecule has 1 aliphatic carbocycles. The molecule has 2 rings (SSSR count). The molecule has 0 bridgehead atoms. The average molecular weight is 220 g/mol. The summed E-state index contributed by atoms with van der Waals surface area (Å²) in [6.45, 7) is 6.46. The Morgan fingerprint density at radius 3 is 2.75 bits per heavy atom. The van der Waals surface area contributed by atoms with E-state index in [1.807, 2.05) is 6.92 Å². The maximum atomic E-state index is 5.71. The van der Waals surface area contributed by atoms with Gasteiger partial charge in [0, 0.05) is 12.1 Å². The van der Waals surface area contributed by atoms with E-state index >= 15 is 0 Å². The molecule has 4 heteroatoms. The van der Waals surface area contributed by atoms with Crippen molar-refractivity contribution in [2.75, 3.05) is 11.1 Å². The van der Waals surface area contributed by atoms with Crippen molar-refractivity contribution in [1.29, 1.82) is 0 Å². The van der Waals surface area contributed by atoms with Gasteiger partial charge in [-0.2, -0.15) is 0 Å². The van der Waals surface area contributed by atoms with Crippen molar-refractivity contribution < 1.29 is 0 Å². The van der Waals surface area contributed by atoms with Crippen molar-refractivity contribution >= 4 is 11.6 Å². The van der Waals surface area contributed by atoms with E-state index in [2.05, 4.69) is 29.1 Å². The normalized spacial score (nSPS) is 23.3. The van der Waals surface area contributed by atoms with Crippen molar-refractivity contribution in [3.63, 3.8) is 0 Å².